The molecular formula is C24H36N4O. The molecule has 0 spiro atoms. The number of carbonyl (C=O) groups is 1. The first kappa shape index (κ1) is 26.2. The van der Waals surface area contributed by atoms with Crippen molar-refractivity contribution >= 4 is 12.1 Å². The summed E-state index contributed by atoms with van der Waals surface area (Å²) in [5.41, 5.74) is 13.9. The summed E-state index contributed by atoms with van der Waals surface area (Å²) in [6, 6.07) is 17.8. The van der Waals surface area contributed by atoms with Gasteiger partial charge in [-0.15, -0.1) is 6.58 Å². The first-order valence-electron chi connectivity index (χ1n) is 9.84. The van der Waals surface area contributed by atoms with Gasteiger partial charge in [-0.3, -0.25) is 4.79 Å². The number of benzene rings is 2. The highest BCUT2D eigenvalue weighted by atomic mass is 16.2. The largest absolute Gasteiger partial charge is 0.331 e. The molecule has 29 heavy (non-hydrogen) atoms. The van der Waals surface area contributed by atoms with Crippen molar-refractivity contribution in [3.63, 3.8) is 0 Å². The minimum Gasteiger partial charge on any atom is -0.331 e. The second-order valence-corrected chi connectivity index (χ2v) is 6.31. The second kappa shape index (κ2) is 13.4. The lowest BCUT2D eigenvalue weighted by molar-refractivity contribution is -0.137. The average Bonchev–Trinajstić information content (AvgIpc) is 2.79. The highest BCUT2D eigenvalue weighted by Crippen LogP contribution is 2.32. The van der Waals surface area contributed by atoms with Gasteiger partial charge in [0.15, 0.2) is 0 Å². The van der Waals surface area contributed by atoms with Crippen molar-refractivity contribution in [2.75, 3.05) is 13.7 Å². The van der Waals surface area contributed by atoms with Crippen LogP contribution in [0.25, 0.3) is 11.1 Å². The van der Waals surface area contributed by atoms with Crippen LogP contribution in [0.15, 0.2) is 67.3 Å². The number of nitrogens with two attached hydrogens (primary N) is 2. The summed E-state index contributed by atoms with van der Waals surface area (Å²) in [5, 5.41) is 6.08. The highest BCUT2D eigenvalue weighted by molar-refractivity contribution is 5.88. The Bertz CT molecular complexity index is 760. The van der Waals surface area contributed by atoms with Crippen LogP contribution in [-0.2, 0) is 10.3 Å². The number of likely N-dealkylation sites (N-methyl/N-ethyl adjacent to an activating group) is 1. The van der Waals surface area contributed by atoms with Gasteiger partial charge >= 0.3 is 0 Å². The van der Waals surface area contributed by atoms with Crippen molar-refractivity contribution in [2.24, 2.45) is 17.4 Å². The molecule has 0 radical (unpaired) electrons. The van der Waals surface area contributed by atoms with Gasteiger partial charge in [0, 0.05) is 13.0 Å². The lowest BCUT2D eigenvalue weighted by atomic mass is 9.78. The number of hydrogen-bond donors (Lipinski definition) is 3. The van der Waals surface area contributed by atoms with E-state index in [-0.39, 0.29) is 18.5 Å². The van der Waals surface area contributed by atoms with Crippen molar-refractivity contribution in [2.45, 2.75) is 33.2 Å². The second-order valence-electron chi connectivity index (χ2n) is 6.31. The lowest BCUT2D eigenvalue weighted by Gasteiger charge is -2.36. The van der Waals surface area contributed by atoms with E-state index in [1.54, 1.807) is 20.0 Å². The van der Waals surface area contributed by atoms with E-state index in [1.807, 2.05) is 75.4 Å². The van der Waals surface area contributed by atoms with Crippen molar-refractivity contribution in [1.29, 1.82) is 5.41 Å². The molecule has 0 aliphatic heterocycles. The maximum atomic E-state index is 12.9. The molecule has 5 nitrogen and oxygen atoms in total. The zero-order chi connectivity index (χ0) is 22.4. The SMILES string of the molecule is C=CC(C)C(N)(C(=O)N(C)CN)c1cccc(-c2ccccc2)c1.CC.CC=N. The molecule has 5 heteroatoms. The molecule has 0 saturated heterocycles. The Labute approximate surface area is 175 Å². The van der Waals surface area contributed by atoms with E-state index in [9.17, 15) is 4.79 Å². The molecule has 0 heterocycles. The molecule has 0 fully saturated rings. The molecule has 0 saturated carbocycles. The number of nitrogens with zero attached hydrogens (tertiary/aromatic N) is 1. The zero-order valence-corrected chi connectivity index (χ0v) is 18.4. The summed E-state index contributed by atoms with van der Waals surface area (Å²) in [5.74, 6) is -0.465. The Kier molecular flexibility index (Phi) is 12.1. The van der Waals surface area contributed by atoms with Gasteiger partial charge in [0.25, 0.3) is 0 Å². The molecule has 5 N–H and O–H groups in total. The molecule has 1 amide bonds. The van der Waals surface area contributed by atoms with E-state index in [4.69, 9.17) is 16.9 Å². The molecule has 2 aromatic rings. The number of nitrogens with one attached hydrogen (secondary N) is 1. The van der Waals surface area contributed by atoms with Gasteiger partial charge in [-0.25, -0.2) is 0 Å². The molecule has 0 aliphatic carbocycles. The molecule has 0 aliphatic rings. The normalized spacial score (nSPS) is 12.7. The minimum absolute atomic E-state index is 0.111. The third-order valence-corrected chi connectivity index (χ3v) is 4.49. The Morgan fingerprint density at radius 2 is 1.69 bits per heavy atom. The first-order valence-corrected chi connectivity index (χ1v) is 9.84. The van der Waals surface area contributed by atoms with Crippen LogP contribution in [0, 0.1) is 11.3 Å². The van der Waals surface area contributed by atoms with Gasteiger partial charge < -0.3 is 21.8 Å². The van der Waals surface area contributed by atoms with E-state index in [2.05, 4.69) is 6.58 Å². The van der Waals surface area contributed by atoms with Crippen LogP contribution in [0.2, 0.25) is 0 Å². The van der Waals surface area contributed by atoms with Gasteiger partial charge in [0.1, 0.15) is 5.54 Å². The number of rotatable bonds is 6. The average molecular weight is 397 g/mol. The van der Waals surface area contributed by atoms with Gasteiger partial charge in [0.05, 0.1) is 6.67 Å². The van der Waals surface area contributed by atoms with Gasteiger partial charge in [-0.2, -0.15) is 0 Å². The minimum atomic E-state index is -1.21. The molecule has 0 bridgehead atoms. The fourth-order valence-electron chi connectivity index (χ4n) is 2.75. The zero-order valence-electron chi connectivity index (χ0n) is 18.4. The number of hydrogen-bond acceptors (Lipinski definition) is 4. The third-order valence-electron chi connectivity index (χ3n) is 4.49. The Morgan fingerprint density at radius 1 is 1.17 bits per heavy atom. The van der Waals surface area contributed by atoms with Crippen LogP contribution in [0.5, 0.6) is 0 Å². The quantitative estimate of drug-likeness (QED) is 0.384. The van der Waals surface area contributed by atoms with Crippen molar-refractivity contribution in [3.8, 4) is 11.1 Å². The first-order chi connectivity index (χ1) is 13.9. The topological polar surface area (TPSA) is 96.2 Å². The van der Waals surface area contributed by atoms with E-state index in [1.165, 1.54) is 11.1 Å². The van der Waals surface area contributed by atoms with Crippen molar-refractivity contribution in [3.05, 3.63) is 72.8 Å². The lowest BCUT2D eigenvalue weighted by Crippen LogP contribution is -2.56. The van der Waals surface area contributed by atoms with Crippen LogP contribution < -0.4 is 11.5 Å². The van der Waals surface area contributed by atoms with Crippen molar-refractivity contribution in [1.82, 2.24) is 4.90 Å². The smallest absolute Gasteiger partial charge is 0.248 e. The molecular weight excluding hydrogens is 360 g/mol. The third kappa shape index (κ3) is 6.66. The van der Waals surface area contributed by atoms with Crippen molar-refractivity contribution < 1.29 is 4.79 Å². The van der Waals surface area contributed by atoms with Crippen LogP contribution in [0.3, 0.4) is 0 Å². The summed E-state index contributed by atoms with van der Waals surface area (Å²) in [6.07, 6.45) is 2.96. The fourth-order valence-corrected chi connectivity index (χ4v) is 2.75. The van der Waals surface area contributed by atoms with Crippen LogP contribution in [-0.4, -0.2) is 30.7 Å². The standard InChI is InChI=1S/C20H25N3O.C2H5N.C2H6/c1-4-15(2)20(22,19(24)23(3)14-21)18-12-8-11-17(13-18)16-9-6-5-7-10-16;1-2-3;1-2/h4-13,15H,1,14,21-22H2,2-3H3;2-3H,1H3;1-2H3. The Balaban J connectivity index is 0.00000143. The predicted octanol–water partition coefficient (Wildman–Crippen LogP) is 4.39. The molecule has 2 aromatic carbocycles. The summed E-state index contributed by atoms with van der Waals surface area (Å²) in [6.45, 7) is 11.5. The Morgan fingerprint density at radius 3 is 2.17 bits per heavy atom. The molecule has 2 rings (SSSR count). The van der Waals surface area contributed by atoms with E-state index in [0.717, 1.165) is 16.7 Å². The maximum absolute atomic E-state index is 12.9. The Hall–Kier alpha value is -2.76. The summed E-state index contributed by atoms with van der Waals surface area (Å²) >= 11 is 0. The molecule has 0 aromatic heterocycles. The predicted molar refractivity (Wildman–Crippen MR) is 125 cm³/mol. The van der Waals surface area contributed by atoms with Gasteiger partial charge in [0.2, 0.25) is 5.91 Å². The monoisotopic (exact) mass is 396 g/mol. The van der Waals surface area contributed by atoms with E-state index >= 15 is 0 Å². The molecule has 2 unspecified atom stereocenters. The highest BCUT2D eigenvalue weighted by Gasteiger charge is 2.41. The van der Waals surface area contributed by atoms with Gasteiger partial charge in [-0.1, -0.05) is 75.4 Å². The van der Waals surface area contributed by atoms with E-state index < -0.39 is 5.54 Å². The summed E-state index contributed by atoms with van der Waals surface area (Å²) < 4.78 is 0. The summed E-state index contributed by atoms with van der Waals surface area (Å²) in [4.78, 5) is 14.4. The van der Waals surface area contributed by atoms with Crippen LogP contribution in [0.4, 0.5) is 0 Å². The van der Waals surface area contributed by atoms with E-state index in [0.29, 0.717) is 0 Å². The molecule has 158 valence electrons. The fraction of sp³-hybridized carbons (Fsp3) is 0.333. The molecule has 2 atom stereocenters. The summed E-state index contributed by atoms with van der Waals surface area (Å²) in [7, 11) is 1.65. The van der Waals surface area contributed by atoms with Gasteiger partial charge in [-0.05, 0) is 35.9 Å². The number of carbonyl (C=O) groups excluding carboxylic acids is 1. The maximum Gasteiger partial charge on any atom is 0.248 e. The van der Waals surface area contributed by atoms with Crippen LogP contribution in [0.1, 0.15) is 33.3 Å². The number of amides is 1. The van der Waals surface area contributed by atoms with Crippen LogP contribution >= 0.6 is 0 Å².